The second-order valence-corrected chi connectivity index (χ2v) is 16.1. The Morgan fingerprint density at radius 1 is 0.564 bits per heavy atom. The standard InChI is InChI=1S/C27H33N3O6S3/c1-21-4-10-24(11-5-21)37(31,32)27(38(33,34)25-12-6-22(2)7-13-25)20-29-17-16-28-18-19-30(27)39(35,36)26-14-8-23(3)9-15-26/h4-15,28-29H,16-20H2,1-3H3. The Bertz CT molecular complexity index is 1560. The van der Waals surface area contributed by atoms with Crippen LogP contribution >= 0.6 is 0 Å². The molecule has 0 spiro atoms. The molecule has 1 fully saturated rings. The number of nitrogens with zero attached hydrogens (tertiary/aromatic N) is 1. The van der Waals surface area contributed by atoms with Crippen LogP contribution in [0.5, 0.6) is 0 Å². The van der Waals surface area contributed by atoms with Crippen LogP contribution in [0.15, 0.2) is 87.5 Å². The lowest BCUT2D eigenvalue weighted by Gasteiger charge is -2.41. The lowest BCUT2D eigenvalue weighted by Crippen LogP contribution is -2.66. The van der Waals surface area contributed by atoms with E-state index in [2.05, 4.69) is 10.6 Å². The monoisotopic (exact) mass is 591 g/mol. The number of hydrogen-bond acceptors (Lipinski definition) is 8. The normalized spacial score (nSPS) is 17.6. The molecule has 0 bridgehead atoms. The van der Waals surface area contributed by atoms with E-state index in [1.165, 1.54) is 36.4 Å². The third-order valence-electron chi connectivity index (χ3n) is 6.81. The van der Waals surface area contributed by atoms with Gasteiger partial charge in [-0.05, 0) is 57.2 Å². The molecule has 0 atom stereocenters. The van der Waals surface area contributed by atoms with Gasteiger partial charge >= 0.3 is 0 Å². The van der Waals surface area contributed by atoms with Gasteiger partial charge < -0.3 is 10.6 Å². The summed E-state index contributed by atoms with van der Waals surface area (Å²) < 4.78 is 85.0. The van der Waals surface area contributed by atoms with Crippen LogP contribution in [0.25, 0.3) is 0 Å². The van der Waals surface area contributed by atoms with Crippen molar-refractivity contribution in [2.75, 3.05) is 32.7 Å². The van der Waals surface area contributed by atoms with Crippen LogP contribution in [-0.2, 0) is 29.7 Å². The Labute approximate surface area is 231 Å². The molecule has 1 aliphatic heterocycles. The molecule has 1 aliphatic rings. The quantitative estimate of drug-likeness (QED) is 0.447. The maximum atomic E-state index is 14.7. The molecule has 0 saturated carbocycles. The van der Waals surface area contributed by atoms with Crippen molar-refractivity contribution in [3.8, 4) is 0 Å². The summed E-state index contributed by atoms with van der Waals surface area (Å²) in [5.74, 6) is 0. The topological polar surface area (TPSA) is 130 Å². The lowest BCUT2D eigenvalue weighted by atomic mass is 10.2. The van der Waals surface area contributed by atoms with E-state index in [1.807, 2.05) is 0 Å². The number of rotatable bonds is 6. The molecule has 39 heavy (non-hydrogen) atoms. The van der Waals surface area contributed by atoms with E-state index in [-0.39, 0.29) is 27.8 Å². The fourth-order valence-corrected chi connectivity index (χ4v) is 12.0. The first-order valence-corrected chi connectivity index (χ1v) is 16.9. The highest BCUT2D eigenvalue weighted by atomic mass is 32.3. The summed E-state index contributed by atoms with van der Waals surface area (Å²) in [5.41, 5.74) is 2.34. The molecule has 1 saturated heterocycles. The van der Waals surface area contributed by atoms with Gasteiger partial charge in [-0.15, -0.1) is 0 Å². The van der Waals surface area contributed by atoms with E-state index in [1.54, 1.807) is 57.2 Å². The summed E-state index contributed by atoms with van der Waals surface area (Å²) >= 11 is 0. The van der Waals surface area contributed by atoms with Crippen LogP contribution in [0.2, 0.25) is 0 Å². The molecule has 0 radical (unpaired) electrons. The Balaban J connectivity index is 2.12. The first-order chi connectivity index (χ1) is 18.3. The summed E-state index contributed by atoms with van der Waals surface area (Å²) in [4.78, 5) is -0.779. The highest BCUT2D eigenvalue weighted by molar-refractivity contribution is 8.11. The molecule has 210 valence electrons. The third kappa shape index (κ3) is 5.29. The molecule has 0 aromatic heterocycles. The van der Waals surface area contributed by atoms with E-state index >= 15 is 0 Å². The van der Waals surface area contributed by atoms with E-state index in [0.29, 0.717) is 10.8 Å². The highest BCUT2D eigenvalue weighted by Crippen LogP contribution is 2.41. The fraction of sp³-hybridized carbons (Fsp3) is 0.333. The molecule has 0 unspecified atom stereocenters. The van der Waals surface area contributed by atoms with Crippen molar-refractivity contribution < 1.29 is 25.3 Å². The molecule has 12 heteroatoms. The van der Waals surface area contributed by atoms with Gasteiger partial charge in [0.1, 0.15) is 0 Å². The van der Waals surface area contributed by atoms with E-state index < -0.39 is 47.0 Å². The average molecular weight is 592 g/mol. The lowest BCUT2D eigenvalue weighted by molar-refractivity contribution is 0.333. The van der Waals surface area contributed by atoms with E-state index in [9.17, 15) is 25.3 Å². The zero-order valence-electron chi connectivity index (χ0n) is 22.1. The van der Waals surface area contributed by atoms with Gasteiger partial charge in [0.2, 0.25) is 29.7 Å². The molecular weight excluding hydrogens is 559 g/mol. The predicted octanol–water partition coefficient (Wildman–Crippen LogP) is 2.40. The van der Waals surface area contributed by atoms with Gasteiger partial charge in [-0.2, -0.15) is 4.31 Å². The van der Waals surface area contributed by atoms with Crippen molar-refractivity contribution in [2.24, 2.45) is 0 Å². The SMILES string of the molecule is Cc1ccc(S(=O)(=O)N2CCNCCNCC2(S(=O)(=O)c2ccc(C)cc2)S(=O)(=O)c2ccc(C)cc2)cc1. The van der Waals surface area contributed by atoms with Crippen molar-refractivity contribution in [3.63, 3.8) is 0 Å². The second-order valence-electron chi connectivity index (χ2n) is 9.66. The molecule has 0 amide bonds. The number of nitrogens with one attached hydrogen (secondary N) is 2. The Morgan fingerprint density at radius 2 is 0.949 bits per heavy atom. The Kier molecular flexibility index (Phi) is 8.36. The van der Waals surface area contributed by atoms with E-state index in [0.717, 1.165) is 16.7 Å². The maximum Gasteiger partial charge on any atom is 0.260 e. The second kappa shape index (κ2) is 11.1. The van der Waals surface area contributed by atoms with Crippen LogP contribution in [0, 0.1) is 20.8 Å². The minimum atomic E-state index is -4.89. The molecule has 1 heterocycles. The number of benzene rings is 3. The average Bonchev–Trinajstić information content (AvgIpc) is 3.01. The summed E-state index contributed by atoms with van der Waals surface area (Å²) in [5, 5.41) is 6.00. The largest absolute Gasteiger partial charge is 0.314 e. The van der Waals surface area contributed by atoms with Gasteiger partial charge in [0.25, 0.3) is 4.20 Å². The smallest absolute Gasteiger partial charge is 0.260 e. The molecule has 4 rings (SSSR count). The molecule has 2 N–H and O–H groups in total. The Morgan fingerprint density at radius 3 is 1.38 bits per heavy atom. The van der Waals surface area contributed by atoms with Gasteiger partial charge in [0.05, 0.1) is 14.7 Å². The van der Waals surface area contributed by atoms with Crippen molar-refractivity contribution >= 4 is 29.7 Å². The summed E-state index contributed by atoms with van der Waals surface area (Å²) in [6.07, 6.45) is 0. The zero-order valence-corrected chi connectivity index (χ0v) is 24.5. The highest BCUT2D eigenvalue weighted by Gasteiger charge is 2.63. The molecule has 3 aromatic carbocycles. The number of sulfone groups is 2. The first-order valence-electron chi connectivity index (χ1n) is 12.5. The molecule has 9 nitrogen and oxygen atoms in total. The number of aryl methyl sites for hydroxylation is 3. The van der Waals surface area contributed by atoms with Gasteiger partial charge in [-0.1, -0.05) is 53.1 Å². The number of hydrogen-bond donors (Lipinski definition) is 2. The Hall–Kier alpha value is -2.61. The molecule has 3 aromatic rings. The maximum absolute atomic E-state index is 14.7. The third-order valence-corrected chi connectivity index (χ3v) is 14.5. The van der Waals surface area contributed by atoms with Gasteiger partial charge in [0, 0.05) is 32.7 Å². The van der Waals surface area contributed by atoms with Crippen LogP contribution in [0.3, 0.4) is 0 Å². The summed E-state index contributed by atoms with van der Waals surface area (Å²) in [6, 6.07) is 17.4. The first kappa shape index (κ1) is 29.4. The van der Waals surface area contributed by atoms with Gasteiger partial charge in [-0.25, -0.2) is 25.3 Å². The number of sulfonamides is 1. The van der Waals surface area contributed by atoms with Crippen molar-refractivity contribution in [2.45, 2.75) is 39.7 Å². The minimum Gasteiger partial charge on any atom is -0.314 e. The van der Waals surface area contributed by atoms with Crippen LogP contribution < -0.4 is 10.6 Å². The van der Waals surface area contributed by atoms with Crippen molar-refractivity contribution in [1.82, 2.24) is 14.9 Å². The molecule has 0 aliphatic carbocycles. The van der Waals surface area contributed by atoms with E-state index in [4.69, 9.17) is 0 Å². The minimum absolute atomic E-state index is 0.0430. The van der Waals surface area contributed by atoms with Gasteiger partial charge in [-0.3, -0.25) is 0 Å². The van der Waals surface area contributed by atoms with Crippen molar-refractivity contribution in [3.05, 3.63) is 89.5 Å². The summed E-state index contributed by atoms with van der Waals surface area (Å²) in [7, 11) is -14.4. The van der Waals surface area contributed by atoms with Gasteiger partial charge in [0.15, 0.2) is 0 Å². The predicted molar refractivity (Wildman–Crippen MR) is 150 cm³/mol. The zero-order chi connectivity index (χ0) is 28.5. The van der Waals surface area contributed by atoms with Crippen LogP contribution in [0.4, 0.5) is 0 Å². The molecular formula is C27H33N3O6S3. The van der Waals surface area contributed by atoms with Crippen molar-refractivity contribution in [1.29, 1.82) is 0 Å². The van der Waals surface area contributed by atoms with Crippen LogP contribution in [0.1, 0.15) is 16.7 Å². The van der Waals surface area contributed by atoms with Crippen LogP contribution in [-0.4, -0.2) is 66.5 Å². The fourth-order valence-electron chi connectivity index (χ4n) is 4.53. The summed E-state index contributed by atoms with van der Waals surface area (Å²) in [6.45, 7) is 4.93.